The molecule has 2 aromatic rings. The molecule has 2 rings (SSSR count). The lowest BCUT2D eigenvalue weighted by molar-refractivity contribution is 0.0942. The van der Waals surface area contributed by atoms with Gasteiger partial charge in [0.2, 0.25) is 5.82 Å². The van der Waals surface area contributed by atoms with E-state index in [2.05, 4.69) is 36.3 Å². The molecule has 104 valence electrons. The van der Waals surface area contributed by atoms with Crippen LogP contribution in [0.2, 0.25) is 0 Å². The smallest absolute Gasteiger partial charge is 0.291 e. The number of aromatic nitrogens is 4. The fraction of sp³-hybridized carbons (Fsp3) is 0.400. The van der Waals surface area contributed by atoms with Gasteiger partial charge < -0.3 is 11.1 Å². The molecule has 0 saturated carbocycles. The maximum atomic E-state index is 11.8. The van der Waals surface area contributed by atoms with E-state index in [-0.39, 0.29) is 30.2 Å². The molecule has 7 nitrogen and oxygen atoms in total. The van der Waals surface area contributed by atoms with Gasteiger partial charge in [0.05, 0.1) is 4.47 Å². The first-order valence-electron chi connectivity index (χ1n) is 5.48. The fourth-order valence-corrected chi connectivity index (χ4v) is 1.64. The van der Waals surface area contributed by atoms with Crippen molar-refractivity contribution in [1.82, 2.24) is 24.9 Å². The van der Waals surface area contributed by atoms with Crippen molar-refractivity contribution in [3.05, 3.63) is 22.7 Å². The van der Waals surface area contributed by atoms with Gasteiger partial charge in [0.25, 0.3) is 11.7 Å². The number of nitrogens with two attached hydrogens (primary N) is 1. The van der Waals surface area contributed by atoms with Crippen LogP contribution in [0.5, 0.6) is 0 Å². The molecule has 0 spiro atoms. The molecule has 1 unspecified atom stereocenters. The molecule has 0 saturated heterocycles. The quantitative estimate of drug-likeness (QED) is 0.850. The standard InChI is InChI=1S/C10H13BrN6O.ClH/c1-6(12)2-3-13-9(18)8-15-10-14-4-7(11)5-17(10)16-8;/h4-6H,2-3,12H2,1H3,(H,13,18);1H. The maximum absolute atomic E-state index is 11.8. The van der Waals surface area contributed by atoms with Gasteiger partial charge in [0, 0.05) is 25.0 Å². The maximum Gasteiger partial charge on any atom is 0.291 e. The predicted molar refractivity (Wildman–Crippen MR) is 76.3 cm³/mol. The number of halogens is 2. The van der Waals surface area contributed by atoms with E-state index in [9.17, 15) is 4.79 Å². The van der Waals surface area contributed by atoms with Crippen molar-refractivity contribution >= 4 is 40.0 Å². The third-order valence-corrected chi connectivity index (χ3v) is 2.66. The number of nitrogens with one attached hydrogen (secondary N) is 1. The third kappa shape index (κ3) is 4.12. The average molecular weight is 350 g/mol. The molecule has 1 atom stereocenters. The molecule has 0 aliphatic rings. The van der Waals surface area contributed by atoms with Gasteiger partial charge in [-0.3, -0.25) is 4.79 Å². The van der Waals surface area contributed by atoms with Crippen LogP contribution in [-0.4, -0.2) is 38.1 Å². The second-order valence-corrected chi connectivity index (χ2v) is 4.89. The van der Waals surface area contributed by atoms with Gasteiger partial charge in [-0.15, -0.1) is 17.5 Å². The van der Waals surface area contributed by atoms with Crippen molar-refractivity contribution in [2.45, 2.75) is 19.4 Å². The van der Waals surface area contributed by atoms with E-state index in [1.54, 1.807) is 12.4 Å². The van der Waals surface area contributed by atoms with Crippen molar-refractivity contribution in [2.75, 3.05) is 6.54 Å². The number of carbonyl (C=O) groups excluding carboxylic acids is 1. The van der Waals surface area contributed by atoms with Crippen LogP contribution in [0, 0.1) is 0 Å². The average Bonchev–Trinajstić information content (AvgIpc) is 2.71. The van der Waals surface area contributed by atoms with E-state index in [0.717, 1.165) is 4.47 Å². The Labute approximate surface area is 124 Å². The summed E-state index contributed by atoms with van der Waals surface area (Å²) in [6.45, 7) is 2.39. The molecule has 3 N–H and O–H groups in total. The highest BCUT2D eigenvalue weighted by molar-refractivity contribution is 9.10. The summed E-state index contributed by atoms with van der Waals surface area (Å²) in [6.07, 6.45) is 4.00. The van der Waals surface area contributed by atoms with Crippen LogP contribution in [0.3, 0.4) is 0 Å². The Morgan fingerprint density at radius 2 is 2.37 bits per heavy atom. The lowest BCUT2D eigenvalue weighted by atomic mass is 10.2. The summed E-state index contributed by atoms with van der Waals surface area (Å²) in [4.78, 5) is 19.8. The van der Waals surface area contributed by atoms with E-state index in [4.69, 9.17) is 5.73 Å². The minimum absolute atomic E-state index is 0. The van der Waals surface area contributed by atoms with Gasteiger partial charge in [0.15, 0.2) is 0 Å². The molecule has 0 aromatic carbocycles. The second-order valence-electron chi connectivity index (χ2n) is 3.97. The predicted octanol–water partition coefficient (Wildman–Crippen LogP) is 0.776. The molecule has 0 fully saturated rings. The van der Waals surface area contributed by atoms with Gasteiger partial charge in [-0.1, -0.05) is 0 Å². The normalized spacial score (nSPS) is 11.9. The first-order valence-corrected chi connectivity index (χ1v) is 6.27. The van der Waals surface area contributed by atoms with Gasteiger partial charge in [-0.25, -0.2) is 9.50 Å². The molecule has 0 bridgehead atoms. The Bertz CT molecular complexity index is 572. The molecule has 0 radical (unpaired) electrons. The van der Waals surface area contributed by atoms with Crippen LogP contribution >= 0.6 is 28.3 Å². The zero-order valence-electron chi connectivity index (χ0n) is 10.2. The van der Waals surface area contributed by atoms with E-state index >= 15 is 0 Å². The van der Waals surface area contributed by atoms with Gasteiger partial charge >= 0.3 is 0 Å². The Balaban J connectivity index is 0.00000180. The van der Waals surface area contributed by atoms with Gasteiger partial charge in [0.1, 0.15) is 0 Å². The van der Waals surface area contributed by atoms with Crippen molar-refractivity contribution in [2.24, 2.45) is 5.73 Å². The van der Waals surface area contributed by atoms with Crippen LogP contribution < -0.4 is 11.1 Å². The number of hydrogen-bond acceptors (Lipinski definition) is 5. The van der Waals surface area contributed by atoms with Crippen molar-refractivity contribution in [3.8, 4) is 0 Å². The number of fused-ring (bicyclic) bond motifs is 1. The summed E-state index contributed by atoms with van der Waals surface area (Å²) in [6, 6.07) is 0.0527. The molecule has 2 heterocycles. The Morgan fingerprint density at radius 1 is 1.63 bits per heavy atom. The van der Waals surface area contributed by atoms with Crippen LogP contribution in [-0.2, 0) is 0 Å². The lowest BCUT2D eigenvalue weighted by Gasteiger charge is -2.04. The zero-order valence-corrected chi connectivity index (χ0v) is 12.6. The van der Waals surface area contributed by atoms with Gasteiger partial charge in [-0.2, -0.15) is 4.98 Å². The zero-order chi connectivity index (χ0) is 13.1. The summed E-state index contributed by atoms with van der Waals surface area (Å²) in [5, 5.41) is 6.75. The summed E-state index contributed by atoms with van der Waals surface area (Å²) in [5.74, 6) is 0.165. The van der Waals surface area contributed by atoms with Crippen LogP contribution in [0.15, 0.2) is 16.9 Å². The van der Waals surface area contributed by atoms with Crippen molar-refractivity contribution in [1.29, 1.82) is 0 Å². The van der Waals surface area contributed by atoms with E-state index in [1.807, 2.05) is 6.92 Å². The Morgan fingerprint density at radius 3 is 3.05 bits per heavy atom. The number of nitrogens with zero attached hydrogens (tertiary/aromatic N) is 4. The minimum atomic E-state index is -0.322. The molecule has 0 aliphatic carbocycles. The van der Waals surface area contributed by atoms with E-state index < -0.39 is 0 Å². The SMILES string of the molecule is CC(N)CCNC(=O)c1nc2ncc(Br)cn2n1.Cl. The molecule has 9 heteroatoms. The number of carbonyl (C=O) groups is 1. The Kier molecular flexibility index (Phi) is 5.64. The van der Waals surface area contributed by atoms with E-state index in [1.165, 1.54) is 4.52 Å². The molecular formula is C10H14BrClN6O. The molecule has 1 amide bonds. The molecular weight excluding hydrogens is 336 g/mol. The third-order valence-electron chi connectivity index (χ3n) is 2.25. The second kappa shape index (κ2) is 6.78. The minimum Gasteiger partial charge on any atom is -0.349 e. The topological polar surface area (TPSA) is 98.2 Å². The largest absolute Gasteiger partial charge is 0.349 e. The van der Waals surface area contributed by atoms with Crippen molar-refractivity contribution in [3.63, 3.8) is 0 Å². The van der Waals surface area contributed by atoms with E-state index in [0.29, 0.717) is 18.7 Å². The van der Waals surface area contributed by atoms with Crippen molar-refractivity contribution < 1.29 is 4.79 Å². The molecule has 0 aliphatic heterocycles. The van der Waals surface area contributed by atoms with Gasteiger partial charge in [-0.05, 0) is 29.3 Å². The molecule has 2 aromatic heterocycles. The Hall–Kier alpha value is -1.25. The monoisotopic (exact) mass is 348 g/mol. The van der Waals surface area contributed by atoms with Crippen LogP contribution in [0.4, 0.5) is 0 Å². The number of amides is 1. The summed E-state index contributed by atoms with van der Waals surface area (Å²) in [7, 11) is 0. The highest BCUT2D eigenvalue weighted by Gasteiger charge is 2.13. The van der Waals surface area contributed by atoms with Crippen LogP contribution in [0.25, 0.3) is 5.78 Å². The summed E-state index contributed by atoms with van der Waals surface area (Å²) >= 11 is 3.27. The first kappa shape index (κ1) is 15.8. The summed E-state index contributed by atoms with van der Waals surface area (Å²) in [5.41, 5.74) is 5.59. The number of rotatable bonds is 4. The first-order chi connectivity index (χ1) is 8.56. The highest BCUT2D eigenvalue weighted by atomic mass is 79.9. The lowest BCUT2D eigenvalue weighted by Crippen LogP contribution is -2.29. The summed E-state index contributed by atoms with van der Waals surface area (Å²) < 4.78 is 2.22. The fourth-order valence-electron chi connectivity index (χ4n) is 1.35. The highest BCUT2D eigenvalue weighted by Crippen LogP contribution is 2.07. The molecule has 19 heavy (non-hydrogen) atoms. The van der Waals surface area contributed by atoms with Crippen LogP contribution in [0.1, 0.15) is 24.0 Å². The number of hydrogen-bond donors (Lipinski definition) is 2.